The number of nitrogens with zero attached hydrogens (tertiary/aromatic N) is 2. The van der Waals surface area contributed by atoms with Gasteiger partial charge >= 0.3 is 0 Å². The average molecular weight is 385 g/mol. The molecule has 2 fully saturated rings. The van der Waals surface area contributed by atoms with Crippen LogP contribution in [0.4, 0.5) is 0 Å². The van der Waals surface area contributed by atoms with Crippen molar-refractivity contribution in [2.24, 2.45) is 5.92 Å². The van der Waals surface area contributed by atoms with E-state index >= 15 is 0 Å². The van der Waals surface area contributed by atoms with E-state index in [0.717, 1.165) is 31.2 Å². The van der Waals surface area contributed by atoms with Crippen LogP contribution in [0.25, 0.3) is 0 Å². The first-order valence-electron chi connectivity index (χ1n) is 10.8. The quantitative estimate of drug-likeness (QED) is 0.802. The summed E-state index contributed by atoms with van der Waals surface area (Å²) in [5, 5.41) is 0. The first-order valence-corrected chi connectivity index (χ1v) is 10.8. The lowest BCUT2D eigenvalue weighted by Gasteiger charge is -2.55. The predicted octanol–water partition coefficient (Wildman–Crippen LogP) is 3.44. The van der Waals surface area contributed by atoms with Crippen LogP contribution >= 0.6 is 0 Å². The monoisotopic (exact) mass is 384 g/mol. The number of fused-ring (bicyclic) bond motifs is 1. The molecule has 0 aromatic heterocycles. The third-order valence-electron chi connectivity index (χ3n) is 6.66. The van der Waals surface area contributed by atoms with Gasteiger partial charge in [0.25, 0.3) is 5.91 Å². The molecule has 0 N–H and O–H groups in total. The molecule has 0 bridgehead atoms. The molecule has 1 spiro atoms. The molecule has 0 unspecified atom stereocenters. The molecule has 1 aromatic rings. The Kier molecular flexibility index (Phi) is 5.46. The Labute approximate surface area is 168 Å². The van der Waals surface area contributed by atoms with Crippen molar-refractivity contribution in [1.82, 2.24) is 9.80 Å². The molecular weight excluding hydrogens is 352 g/mol. The lowest BCUT2D eigenvalue weighted by Crippen LogP contribution is -2.64. The molecule has 5 heteroatoms. The van der Waals surface area contributed by atoms with Crippen molar-refractivity contribution in [2.45, 2.75) is 57.4 Å². The number of morpholine rings is 1. The largest absolute Gasteiger partial charge is 0.378 e. The van der Waals surface area contributed by atoms with Gasteiger partial charge in [0.1, 0.15) is 0 Å². The minimum atomic E-state index is -0.386. The van der Waals surface area contributed by atoms with E-state index in [-0.39, 0.29) is 23.3 Å². The highest BCUT2D eigenvalue weighted by molar-refractivity contribution is 6.02. The summed E-state index contributed by atoms with van der Waals surface area (Å²) in [6.45, 7) is 7.51. The van der Waals surface area contributed by atoms with Crippen molar-refractivity contribution in [2.75, 3.05) is 32.8 Å². The second kappa shape index (κ2) is 7.86. The standard InChI is InChI=1S/C23H32N2O3/c1-17(2)16-25-21(26)19-9-5-4-8-18(19)20(23(25)10-6-3-7-11-23)22(27)24-12-14-28-15-13-24/h4-5,8-9,17,20H,3,6-7,10-16H2,1-2H3/t20-/m1/s1. The zero-order valence-corrected chi connectivity index (χ0v) is 17.2. The molecule has 1 aliphatic carbocycles. The van der Waals surface area contributed by atoms with Gasteiger partial charge in [-0.05, 0) is 30.4 Å². The molecular formula is C23H32N2O3. The second-order valence-electron chi connectivity index (χ2n) is 8.93. The van der Waals surface area contributed by atoms with Gasteiger partial charge in [0, 0.05) is 25.2 Å². The van der Waals surface area contributed by atoms with Crippen molar-refractivity contribution < 1.29 is 14.3 Å². The Hall–Kier alpha value is -1.88. The first-order chi connectivity index (χ1) is 13.5. The fraction of sp³-hybridized carbons (Fsp3) is 0.652. The van der Waals surface area contributed by atoms with Crippen LogP contribution in [0.1, 0.15) is 67.8 Å². The molecule has 152 valence electrons. The Balaban J connectivity index is 1.84. The summed E-state index contributed by atoms with van der Waals surface area (Å²) in [5.74, 6) is 0.391. The van der Waals surface area contributed by atoms with Crippen molar-refractivity contribution in [3.63, 3.8) is 0 Å². The number of carbonyl (C=O) groups excluding carboxylic acids is 2. The molecule has 2 heterocycles. The second-order valence-corrected chi connectivity index (χ2v) is 8.93. The van der Waals surface area contributed by atoms with Crippen molar-refractivity contribution >= 4 is 11.8 Å². The van der Waals surface area contributed by atoms with Crippen LogP contribution in [0, 0.1) is 5.92 Å². The van der Waals surface area contributed by atoms with Crippen molar-refractivity contribution in [3.8, 4) is 0 Å². The summed E-state index contributed by atoms with van der Waals surface area (Å²) >= 11 is 0. The fourth-order valence-corrected chi connectivity index (χ4v) is 5.42. The van der Waals surface area contributed by atoms with E-state index in [0.29, 0.717) is 44.3 Å². The molecule has 1 saturated carbocycles. The Bertz CT molecular complexity index is 733. The van der Waals surface area contributed by atoms with Crippen LogP contribution in [0.15, 0.2) is 24.3 Å². The van der Waals surface area contributed by atoms with Crippen LogP contribution in [0.2, 0.25) is 0 Å². The fourth-order valence-electron chi connectivity index (χ4n) is 5.42. The minimum absolute atomic E-state index is 0.109. The van der Waals surface area contributed by atoms with E-state index < -0.39 is 0 Å². The van der Waals surface area contributed by atoms with Gasteiger partial charge < -0.3 is 14.5 Å². The van der Waals surface area contributed by atoms with Crippen LogP contribution < -0.4 is 0 Å². The molecule has 2 aliphatic heterocycles. The summed E-state index contributed by atoms with van der Waals surface area (Å²) in [6, 6.07) is 7.80. The minimum Gasteiger partial charge on any atom is -0.378 e. The van der Waals surface area contributed by atoms with Gasteiger partial charge in [0.15, 0.2) is 0 Å². The zero-order chi connectivity index (χ0) is 19.7. The SMILES string of the molecule is CC(C)CN1C(=O)c2ccccc2[C@H](C(=O)N2CCOCC2)C12CCCCC2. The topological polar surface area (TPSA) is 49.9 Å². The normalized spacial score (nSPS) is 24.5. The molecule has 1 atom stereocenters. The summed E-state index contributed by atoms with van der Waals surface area (Å²) in [4.78, 5) is 31.5. The van der Waals surface area contributed by atoms with Gasteiger partial charge in [0.2, 0.25) is 5.91 Å². The molecule has 0 radical (unpaired) electrons. The number of ether oxygens (including phenoxy) is 1. The number of amides is 2. The smallest absolute Gasteiger partial charge is 0.254 e. The van der Waals surface area contributed by atoms with Gasteiger partial charge in [-0.2, -0.15) is 0 Å². The molecule has 4 rings (SSSR count). The van der Waals surface area contributed by atoms with E-state index in [4.69, 9.17) is 4.74 Å². The first kappa shape index (κ1) is 19.4. The Morgan fingerprint density at radius 1 is 1.14 bits per heavy atom. The molecule has 1 aromatic carbocycles. The molecule has 5 nitrogen and oxygen atoms in total. The summed E-state index contributed by atoms with van der Waals surface area (Å²) in [7, 11) is 0. The van der Waals surface area contributed by atoms with E-state index in [1.165, 1.54) is 6.42 Å². The maximum Gasteiger partial charge on any atom is 0.254 e. The highest BCUT2D eigenvalue weighted by Crippen LogP contribution is 2.50. The van der Waals surface area contributed by atoms with Crippen LogP contribution in [0.3, 0.4) is 0 Å². The number of hydrogen-bond acceptors (Lipinski definition) is 3. The number of carbonyl (C=O) groups is 2. The van der Waals surface area contributed by atoms with Gasteiger partial charge in [0.05, 0.1) is 24.7 Å². The number of hydrogen-bond donors (Lipinski definition) is 0. The summed E-state index contributed by atoms with van der Waals surface area (Å²) < 4.78 is 5.48. The Morgan fingerprint density at radius 2 is 1.82 bits per heavy atom. The number of benzene rings is 1. The lowest BCUT2D eigenvalue weighted by molar-refractivity contribution is -0.142. The maximum atomic E-state index is 13.9. The Morgan fingerprint density at radius 3 is 2.50 bits per heavy atom. The summed E-state index contributed by atoms with van der Waals surface area (Å²) in [6.07, 6.45) is 5.18. The van der Waals surface area contributed by atoms with E-state index in [1.807, 2.05) is 29.2 Å². The third kappa shape index (κ3) is 3.24. The van der Waals surface area contributed by atoms with E-state index in [2.05, 4.69) is 18.7 Å². The molecule has 1 saturated heterocycles. The number of rotatable bonds is 3. The van der Waals surface area contributed by atoms with Gasteiger partial charge in [-0.1, -0.05) is 51.3 Å². The molecule has 2 amide bonds. The lowest BCUT2D eigenvalue weighted by atomic mass is 9.65. The average Bonchev–Trinajstić information content (AvgIpc) is 2.72. The zero-order valence-electron chi connectivity index (χ0n) is 17.2. The maximum absolute atomic E-state index is 13.9. The van der Waals surface area contributed by atoms with E-state index in [1.54, 1.807) is 0 Å². The summed E-state index contributed by atoms with van der Waals surface area (Å²) in [5.41, 5.74) is 1.26. The van der Waals surface area contributed by atoms with Crippen LogP contribution in [-0.4, -0.2) is 60.0 Å². The highest BCUT2D eigenvalue weighted by atomic mass is 16.5. The van der Waals surface area contributed by atoms with Crippen LogP contribution in [-0.2, 0) is 9.53 Å². The van der Waals surface area contributed by atoms with Crippen molar-refractivity contribution in [1.29, 1.82) is 0 Å². The molecule has 28 heavy (non-hydrogen) atoms. The van der Waals surface area contributed by atoms with Gasteiger partial charge in [-0.3, -0.25) is 9.59 Å². The molecule has 3 aliphatic rings. The highest BCUT2D eigenvalue weighted by Gasteiger charge is 2.55. The van der Waals surface area contributed by atoms with Gasteiger partial charge in [-0.25, -0.2) is 0 Å². The van der Waals surface area contributed by atoms with Gasteiger partial charge in [-0.15, -0.1) is 0 Å². The van der Waals surface area contributed by atoms with E-state index in [9.17, 15) is 9.59 Å². The third-order valence-corrected chi connectivity index (χ3v) is 6.66. The van der Waals surface area contributed by atoms with Crippen molar-refractivity contribution in [3.05, 3.63) is 35.4 Å². The predicted molar refractivity (Wildman–Crippen MR) is 108 cm³/mol. The van der Waals surface area contributed by atoms with Crippen LogP contribution in [0.5, 0.6) is 0 Å².